The van der Waals surface area contributed by atoms with Gasteiger partial charge in [-0.15, -0.1) is 5.10 Å². The van der Waals surface area contributed by atoms with Crippen LogP contribution in [0.5, 0.6) is 0 Å². The van der Waals surface area contributed by atoms with Crippen LogP contribution >= 0.6 is 0 Å². The van der Waals surface area contributed by atoms with Crippen molar-refractivity contribution in [1.29, 1.82) is 0 Å². The minimum absolute atomic E-state index is 0.257. The molecule has 0 aliphatic carbocycles. The molecule has 2 aromatic rings. The maximum atomic E-state index is 13.0. The molecule has 4 nitrogen and oxygen atoms in total. The first-order chi connectivity index (χ1) is 10.1. The highest BCUT2D eigenvalue weighted by Gasteiger charge is 2.17. The number of anilines is 2. The van der Waals surface area contributed by atoms with Crippen molar-refractivity contribution in [3.63, 3.8) is 0 Å². The van der Waals surface area contributed by atoms with Gasteiger partial charge in [-0.25, -0.2) is 4.39 Å². The highest BCUT2D eigenvalue weighted by molar-refractivity contribution is 5.63. The van der Waals surface area contributed by atoms with Crippen molar-refractivity contribution in [1.82, 2.24) is 10.2 Å². The van der Waals surface area contributed by atoms with Crippen molar-refractivity contribution in [2.24, 2.45) is 5.73 Å². The van der Waals surface area contributed by atoms with Crippen LogP contribution in [0.15, 0.2) is 24.3 Å². The molecule has 0 atom stereocenters. The molecular weight excluding hydrogens is 267 g/mol. The lowest BCUT2D eigenvalue weighted by atomic mass is 10.0. The molecule has 0 unspecified atom stereocenters. The predicted octanol–water partition coefficient (Wildman–Crippen LogP) is 2.97. The Labute approximate surface area is 124 Å². The Morgan fingerprint density at radius 3 is 2.24 bits per heavy atom. The Morgan fingerprint density at radius 1 is 1.05 bits per heavy atom. The summed E-state index contributed by atoms with van der Waals surface area (Å²) < 4.78 is 13.0. The molecule has 0 aliphatic heterocycles. The molecule has 1 heterocycles. The number of nitrogens with zero attached hydrogens (tertiary/aromatic N) is 3. The van der Waals surface area contributed by atoms with Crippen molar-refractivity contribution in [3.8, 4) is 0 Å². The summed E-state index contributed by atoms with van der Waals surface area (Å²) in [6, 6.07) is 6.30. The van der Waals surface area contributed by atoms with Crippen molar-refractivity contribution < 1.29 is 4.39 Å². The Balaban J connectivity index is 2.50. The lowest BCUT2D eigenvalue weighted by molar-refractivity contribution is 0.628. The van der Waals surface area contributed by atoms with Gasteiger partial charge in [-0.1, -0.05) is 13.8 Å². The number of hydrogen-bond acceptors (Lipinski definition) is 4. The van der Waals surface area contributed by atoms with Gasteiger partial charge >= 0.3 is 0 Å². The van der Waals surface area contributed by atoms with E-state index in [4.69, 9.17) is 5.73 Å². The zero-order valence-corrected chi connectivity index (χ0v) is 12.7. The molecule has 0 saturated heterocycles. The average Bonchev–Trinajstić information content (AvgIpc) is 2.53. The third-order valence-electron chi connectivity index (χ3n) is 3.67. The van der Waals surface area contributed by atoms with E-state index in [0.717, 1.165) is 35.6 Å². The fourth-order valence-corrected chi connectivity index (χ4v) is 2.51. The van der Waals surface area contributed by atoms with Crippen LogP contribution in [0.3, 0.4) is 0 Å². The Kier molecular flexibility index (Phi) is 4.85. The van der Waals surface area contributed by atoms with E-state index >= 15 is 0 Å². The molecule has 0 spiro atoms. The third kappa shape index (κ3) is 3.03. The van der Waals surface area contributed by atoms with Gasteiger partial charge in [0, 0.05) is 24.8 Å². The molecule has 0 saturated carbocycles. The molecule has 0 fully saturated rings. The summed E-state index contributed by atoms with van der Waals surface area (Å²) in [7, 11) is 1.89. The number of nitrogens with two attached hydrogens (primary N) is 1. The zero-order chi connectivity index (χ0) is 15.4. The third-order valence-corrected chi connectivity index (χ3v) is 3.67. The average molecular weight is 288 g/mol. The van der Waals surface area contributed by atoms with Crippen molar-refractivity contribution >= 4 is 11.5 Å². The van der Waals surface area contributed by atoms with Crippen molar-refractivity contribution in [2.45, 2.75) is 33.2 Å². The SMILES string of the molecule is CCc1nnc(N(C)c2ccc(F)cc2)c(CN)c1CC. The van der Waals surface area contributed by atoms with Gasteiger partial charge in [-0.3, -0.25) is 0 Å². The second kappa shape index (κ2) is 6.63. The number of aryl methyl sites for hydroxylation is 1. The summed E-state index contributed by atoms with van der Waals surface area (Å²) in [5, 5.41) is 8.65. The largest absolute Gasteiger partial charge is 0.328 e. The van der Waals surface area contributed by atoms with Crippen molar-refractivity contribution in [2.75, 3.05) is 11.9 Å². The van der Waals surface area contributed by atoms with Crippen LogP contribution in [0, 0.1) is 5.82 Å². The van der Waals surface area contributed by atoms with Crippen LogP contribution < -0.4 is 10.6 Å². The van der Waals surface area contributed by atoms with E-state index in [0.29, 0.717) is 6.54 Å². The molecule has 1 aromatic heterocycles. The van der Waals surface area contributed by atoms with Gasteiger partial charge in [0.1, 0.15) is 5.82 Å². The molecule has 5 heteroatoms. The van der Waals surface area contributed by atoms with Gasteiger partial charge in [-0.05, 0) is 42.7 Å². The second-order valence-corrected chi connectivity index (χ2v) is 4.87. The standard InChI is InChI=1S/C16H21FN4/c1-4-13-14(10-18)16(20-19-15(13)5-2)21(3)12-8-6-11(17)7-9-12/h6-9H,4-5,10,18H2,1-3H3. The van der Waals surface area contributed by atoms with E-state index in [1.165, 1.54) is 17.7 Å². The van der Waals surface area contributed by atoms with Gasteiger partial charge in [-0.2, -0.15) is 5.10 Å². The highest BCUT2D eigenvalue weighted by atomic mass is 19.1. The smallest absolute Gasteiger partial charge is 0.160 e. The first kappa shape index (κ1) is 15.4. The molecular formula is C16H21FN4. The predicted molar refractivity (Wildman–Crippen MR) is 83.1 cm³/mol. The summed E-state index contributed by atoms with van der Waals surface area (Å²) in [5.74, 6) is 0.478. The van der Waals surface area contributed by atoms with Crippen LogP contribution in [-0.2, 0) is 19.4 Å². The van der Waals surface area contributed by atoms with Gasteiger partial charge < -0.3 is 10.6 Å². The van der Waals surface area contributed by atoms with E-state index in [1.54, 1.807) is 12.1 Å². The number of benzene rings is 1. The summed E-state index contributed by atoms with van der Waals surface area (Å²) >= 11 is 0. The molecule has 0 amide bonds. The summed E-state index contributed by atoms with van der Waals surface area (Å²) in [5.41, 5.74) is 9.96. The van der Waals surface area contributed by atoms with E-state index in [2.05, 4.69) is 24.0 Å². The van der Waals surface area contributed by atoms with Gasteiger partial charge in [0.25, 0.3) is 0 Å². The normalized spacial score (nSPS) is 10.7. The quantitative estimate of drug-likeness (QED) is 0.919. The first-order valence-corrected chi connectivity index (χ1v) is 7.19. The lowest BCUT2D eigenvalue weighted by Gasteiger charge is -2.23. The summed E-state index contributed by atoms with van der Waals surface area (Å²) in [6.07, 6.45) is 1.71. The summed E-state index contributed by atoms with van der Waals surface area (Å²) in [4.78, 5) is 1.90. The summed E-state index contributed by atoms with van der Waals surface area (Å²) in [6.45, 7) is 4.57. The monoisotopic (exact) mass is 288 g/mol. The number of hydrogen-bond donors (Lipinski definition) is 1. The lowest BCUT2D eigenvalue weighted by Crippen LogP contribution is -2.19. The van der Waals surface area contributed by atoms with Crippen molar-refractivity contribution in [3.05, 3.63) is 46.9 Å². The zero-order valence-electron chi connectivity index (χ0n) is 12.7. The maximum absolute atomic E-state index is 13.0. The Bertz CT molecular complexity index is 610. The van der Waals surface area contributed by atoms with E-state index in [-0.39, 0.29) is 5.82 Å². The molecule has 1 aromatic carbocycles. The minimum Gasteiger partial charge on any atom is -0.328 e. The molecule has 0 aliphatic rings. The van der Waals surface area contributed by atoms with E-state index in [1.807, 2.05) is 11.9 Å². The van der Waals surface area contributed by atoms with E-state index < -0.39 is 0 Å². The highest BCUT2D eigenvalue weighted by Crippen LogP contribution is 2.28. The Morgan fingerprint density at radius 2 is 1.71 bits per heavy atom. The fourth-order valence-electron chi connectivity index (χ4n) is 2.51. The molecule has 0 radical (unpaired) electrons. The van der Waals surface area contributed by atoms with Crippen LogP contribution in [0.1, 0.15) is 30.7 Å². The van der Waals surface area contributed by atoms with Gasteiger partial charge in [0.2, 0.25) is 0 Å². The van der Waals surface area contributed by atoms with Crippen LogP contribution in [0.2, 0.25) is 0 Å². The molecule has 2 N–H and O–H groups in total. The van der Waals surface area contributed by atoms with Crippen LogP contribution in [0.4, 0.5) is 15.9 Å². The fraction of sp³-hybridized carbons (Fsp3) is 0.375. The second-order valence-electron chi connectivity index (χ2n) is 4.87. The van der Waals surface area contributed by atoms with Crippen LogP contribution in [-0.4, -0.2) is 17.2 Å². The Hall–Kier alpha value is -2.01. The van der Waals surface area contributed by atoms with Gasteiger partial charge in [0.05, 0.1) is 5.69 Å². The molecule has 21 heavy (non-hydrogen) atoms. The first-order valence-electron chi connectivity index (χ1n) is 7.19. The number of aromatic nitrogens is 2. The number of halogens is 1. The molecule has 0 bridgehead atoms. The van der Waals surface area contributed by atoms with Gasteiger partial charge in [0.15, 0.2) is 5.82 Å². The molecule has 112 valence electrons. The topological polar surface area (TPSA) is 55.0 Å². The van der Waals surface area contributed by atoms with E-state index in [9.17, 15) is 4.39 Å². The van der Waals surface area contributed by atoms with Crippen LogP contribution in [0.25, 0.3) is 0 Å². The number of rotatable bonds is 5. The molecule has 2 rings (SSSR count). The maximum Gasteiger partial charge on any atom is 0.160 e. The minimum atomic E-state index is -0.257.